The normalized spacial score (nSPS) is 21.1. The molecule has 0 bridgehead atoms. The summed E-state index contributed by atoms with van der Waals surface area (Å²) < 4.78 is 5.09. The third-order valence-electron chi connectivity index (χ3n) is 6.03. The van der Waals surface area contributed by atoms with Gasteiger partial charge in [-0.1, -0.05) is 41.9 Å². The number of nitrogens with zero attached hydrogens (tertiary/aromatic N) is 1. The summed E-state index contributed by atoms with van der Waals surface area (Å²) in [5, 5.41) is 2.00. The Bertz CT molecular complexity index is 1080. The topological polar surface area (TPSA) is 45.3 Å². The molecule has 3 heterocycles. The number of fused-ring (bicyclic) bond motifs is 5. The predicted octanol–water partition coefficient (Wildman–Crippen LogP) is 4.96. The van der Waals surface area contributed by atoms with E-state index in [0.29, 0.717) is 10.6 Å². The summed E-state index contributed by atoms with van der Waals surface area (Å²) in [6.07, 6.45) is 3.79. The molecule has 2 aromatic carbocycles. The summed E-state index contributed by atoms with van der Waals surface area (Å²) >= 11 is 6.08. The lowest BCUT2D eigenvalue weighted by Gasteiger charge is -2.41. The zero-order valence-electron chi connectivity index (χ0n) is 15.6. The molecular weight excluding hydrogens is 372 g/mol. The molecule has 0 unspecified atom stereocenters. The van der Waals surface area contributed by atoms with E-state index in [1.165, 1.54) is 29.3 Å². The van der Waals surface area contributed by atoms with Gasteiger partial charge in [0.15, 0.2) is 0 Å². The first-order chi connectivity index (χ1) is 13.7. The van der Waals surface area contributed by atoms with E-state index >= 15 is 0 Å². The number of ether oxygens (including phenoxy) is 1. The van der Waals surface area contributed by atoms with E-state index < -0.39 is 0 Å². The molecule has 0 fully saturated rings. The maximum Gasteiger partial charge on any atom is 0.335 e. The molecule has 2 aliphatic heterocycles. The van der Waals surface area contributed by atoms with E-state index in [0.717, 1.165) is 24.9 Å². The van der Waals surface area contributed by atoms with Gasteiger partial charge in [-0.2, -0.15) is 0 Å². The van der Waals surface area contributed by atoms with E-state index in [2.05, 4.69) is 34.1 Å². The van der Waals surface area contributed by atoms with Crippen molar-refractivity contribution in [3.8, 4) is 0 Å². The molecule has 2 aliphatic rings. The fourth-order valence-electron chi connectivity index (χ4n) is 4.69. The van der Waals surface area contributed by atoms with Gasteiger partial charge < -0.3 is 14.6 Å². The van der Waals surface area contributed by atoms with Gasteiger partial charge in [0.25, 0.3) is 0 Å². The highest BCUT2D eigenvalue weighted by molar-refractivity contribution is 6.30. The van der Waals surface area contributed by atoms with Crippen LogP contribution in [0.15, 0.2) is 60.3 Å². The van der Waals surface area contributed by atoms with Crippen LogP contribution in [0.5, 0.6) is 0 Å². The Hall–Kier alpha value is -2.72. The van der Waals surface area contributed by atoms with Crippen LogP contribution >= 0.6 is 11.6 Å². The van der Waals surface area contributed by atoms with Crippen molar-refractivity contribution in [1.82, 2.24) is 9.88 Å². The van der Waals surface area contributed by atoms with Gasteiger partial charge >= 0.3 is 5.97 Å². The monoisotopic (exact) mass is 392 g/mol. The second-order valence-electron chi connectivity index (χ2n) is 7.48. The Morgan fingerprint density at radius 3 is 2.75 bits per heavy atom. The molecule has 1 N–H and O–H groups in total. The van der Waals surface area contributed by atoms with Crippen molar-refractivity contribution in [2.75, 3.05) is 13.7 Å². The summed E-state index contributed by atoms with van der Waals surface area (Å²) in [6.45, 7) is 0.896. The van der Waals surface area contributed by atoms with E-state index in [1.54, 1.807) is 0 Å². The van der Waals surface area contributed by atoms with Crippen molar-refractivity contribution < 1.29 is 9.53 Å². The van der Waals surface area contributed by atoms with Crippen LogP contribution in [0.4, 0.5) is 0 Å². The quantitative estimate of drug-likeness (QED) is 0.626. The van der Waals surface area contributed by atoms with Crippen LogP contribution in [0.25, 0.3) is 10.9 Å². The molecule has 0 saturated heterocycles. The first-order valence-electron chi connectivity index (χ1n) is 9.56. The highest BCUT2D eigenvalue weighted by atomic mass is 35.5. The largest absolute Gasteiger partial charge is 0.466 e. The summed E-state index contributed by atoms with van der Waals surface area (Å²) in [6, 6.07) is 16.5. The van der Waals surface area contributed by atoms with Crippen LogP contribution in [0.3, 0.4) is 0 Å². The fourth-order valence-corrected chi connectivity index (χ4v) is 4.81. The molecule has 3 aromatic rings. The number of H-pyrrole nitrogens is 1. The van der Waals surface area contributed by atoms with Gasteiger partial charge in [0.05, 0.1) is 18.7 Å². The molecule has 4 nitrogen and oxygen atoms in total. The van der Waals surface area contributed by atoms with Crippen LogP contribution in [0.1, 0.15) is 35.2 Å². The maximum absolute atomic E-state index is 12.5. The molecule has 5 rings (SSSR count). The van der Waals surface area contributed by atoms with Gasteiger partial charge in [-0.3, -0.25) is 0 Å². The minimum atomic E-state index is -0.263. The number of nitrogens with one attached hydrogen (secondary N) is 1. The second kappa shape index (κ2) is 6.71. The highest BCUT2D eigenvalue weighted by Crippen LogP contribution is 2.46. The number of halogens is 1. The maximum atomic E-state index is 12.5. The molecule has 0 aliphatic carbocycles. The van der Waals surface area contributed by atoms with Crippen LogP contribution in [-0.4, -0.2) is 29.5 Å². The van der Waals surface area contributed by atoms with Crippen molar-refractivity contribution in [3.05, 3.63) is 82.1 Å². The molecule has 0 spiro atoms. The number of aromatic nitrogens is 1. The van der Waals surface area contributed by atoms with Crippen LogP contribution in [0, 0.1) is 0 Å². The van der Waals surface area contributed by atoms with Crippen molar-refractivity contribution in [2.24, 2.45) is 0 Å². The van der Waals surface area contributed by atoms with Crippen LogP contribution in [-0.2, 0) is 16.0 Å². The lowest BCUT2D eigenvalue weighted by atomic mass is 9.80. The Labute approximate surface area is 168 Å². The van der Waals surface area contributed by atoms with Gasteiger partial charge in [-0.05, 0) is 42.2 Å². The fraction of sp³-hybridized carbons (Fsp3) is 0.261. The summed E-state index contributed by atoms with van der Waals surface area (Å²) in [5.41, 5.74) is 5.65. The number of para-hydroxylation sites is 1. The van der Waals surface area contributed by atoms with Gasteiger partial charge in [0, 0.05) is 40.3 Å². The number of hydrogen-bond donors (Lipinski definition) is 1. The van der Waals surface area contributed by atoms with E-state index in [4.69, 9.17) is 16.3 Å². The van der Waals surface area contributed by atoms with Gasteiger partial charge in [-0.15, -0.1) is 0 Å². The van der Waals surface area contributed by atoms with Crippen LogP contribution < -0.4 is 0 Å². The SMILES string of the molecule is COC(=O)C1=CN2CCc3c([nH]c4ccccc34)[C@H]2C[C@@H]1c1ccc(Cl)cc1. The van der Waals surface area contributed by atoms with Gasteiger partial charge in [0.1, 0.15) is 0 Å². The van der Waals surface area contributed by atoms with Crippen molar-refractivity contribution in [3.63, 3.8) is 0 Å². The number of aromatic amines is 1. The molecule has 0 saturated carbocycles. The number of carbonyl (C=O) groups is 1. The number of methoxy groups -OCH3 is 1. The van der Waals surface area contributed by atoms with Gasteiger partial charge in [0.2, 0.25) is 0 Å². The molecule has 5 heteroatoms. The average Bonchev–Trinajstić information content (AvgIpc) is 3.12. The van der Waals surface area contributed by atoms with Crippen molar-refractivity contribution in [1.29, 1.82) is 0 Å². The Kier molecular flexibility index (Phi) is 4.17. The van der Waals surface area contributed by atoms with Gasteiger partial charge in [-0.25, -0.2) is 4.79 Å². The zero-order valence-corrected chi connectivity index (χ0v) is 16.4. The number of carbonyl (C=O) groups excluding carboxylic acids is 1. The smallest absolute Gasteiger partial charge is 0.335 e. The molecule has 2 atom stereocenters. The lowest BCUT2D eigenvalue weighted by Crippen LogP contribution is -2.37. The third-order valence-corrected chi connectivity index (χ3v) is 6.28. The number of hydrogen-bond acceptors (Lipinski definition) is 3. The minimum absolute atomic E-state index is 0.0247. The van der Waals surface area contributed by atoms with E-state index in [9.17, 15) is 4.79 Å². The number of esters is 1. The average molecular weight is 393 g/mol. The first kappa shape index (κ1) is 17.4. The Morgan fingerprint density at radius 1 is 1.18 bits per heavy atom. The van der Waals surface area contributed by atoms with Crippen molar-refractivity contribution in [2.45, 2.75) is 24.8 Å². The standard InChI is InChI=1S/C23H21ClN2O2/c1-28-23(27)19-13-26-11-10-17-16-4-2-3-5-20(16)25-22(17)21(26)12-18(19)14-6-8-15(24)9-7-14/h2-9,13,18,21,25H,10-12H2,1H3/t18-,21-/m1/s1. The van der Waals surface area contributed by atoms with E-state index in [-0.39, 0.29) is 17.9 Å². The molecular formula is C23H21ClN2O2. The molecule has 1 aromatic heterocycles. The summed E-state index contributed by atoms with van der Waals surface area (Å²) in [4.78, 5) is 18.5. The molecule has 28 heavy (non-hydrogen) atoms. The number of benzene rings is 2. The van der Waals surface area contributed by atoms with Crippen molar-refractivity contribution >= 4 is 28.5 Å². The predicted molar refractivity (Wildman–Crippen MR) is 110 cm³/mol. The third kappa shape index (κ3) is 2.71. The second-order valence-corrected chi connectivity index (χ2v) is 7.92. The zero-order chi connectivity index (χ0) is 19.3. The molecule has 0 radical (unpaired) electrons. The van der Waals surface area contributed by atoms with Crippen LogP contribution in [0.2, 0.25) is 5.02 Å². The Balaban J connectivity index is 1.61. The van der Waals surface area contributed by atoms with E-state index in [1.807, 2.05) is 30.5 Å². The minimum Gasteiger partial charge on any atom is -0.466 e. The molecule has 0 amide bonds. The first-order valence-corrected chi connectivity index (χ1v) is 9.94. The number of rotatable bonds is 2. The summed E-state index contributed by atoms with van der Waals surface area (Å²) in [7, 11) is 1.44. The summed E-state index contributed by atoms with van der Waals surface area (Å²) in [5.74, 6) is -0.288. The Morgan fingerprint density at radius 2 is 1.96 bits per heavy atom. The highest BCUT2D eigenvalue weighted by Gasteiger charge is 2.38. The lowest BCUT2D eigenvalue weighted by molar-refractivity contribution is -0.136. The molecule has 142 valence electrons.